The van der Waals surface area contributed by atoms with Crippen LogP contribution < -0.4 is 10.5 Å². The Labute approximate surface area is 124 Å². The molecular weight excluding hydrogens is 288 g/mol. The molecule has 0 saturated heterocycles. The third kappa shape index (κ3) is 4.04. The Morgan fingerprint density at radius 2 is 1.81 bits per heavy atom. The van der Waals surface area contributed by atoms with Crippen LogP contribution in [-0.4, -0.2) is 15.5 Å². The molecule has 2 aromatic rings. The van der Waals surface area contributed by atoms with Gasteiger partial charge in [0.15, 0.2) is 0 Å². The fourth-order valence-electron chi connectivity index (χ4n) is 1.98. The maximum Gasteiger partial charge on any atom is 0.242 e. The molecule has 0 aliphatic carbocycles. The second-order valence-electron chi connectivity index (χ2n) is 4.62. The SMILES string of the molecule is COCc1cccc(CNS(=O)(=O)c2ccccc2N)c1. The van der Waals surface area contributed by atoms with Crippen LogP contribution >= 0.6 is 0 Å². The first-order valence-electron chi connectivity index (χ1n) is 6.44. The highest BCUT2D eigenvalue weighted by Gasteiger charge is 2.16. The van der Waals surface area contributed by atoms with Crippen LogP contribution in [0.4, 0.5) is 5.69 Å². The molecule has 0 spiro atoms. The van der Waals surface area contributed by atoms with Gasteiger partial charge in [0.05, 0.1) is 12.3 Å². The highest BCUT2D eigenvalue weighted by atomic mass is 32.2. The third-order valence-corrected chi connectivity index (χ3v) is 4.45. The number of hydrogen-bond donors (Lipinski definition) is 2. The van der Waals surface area contributed by atoms with E-state index in [0.29, 0.717) is 6.61 Å². The van der Waals surface area contributed by atoms with E-state index in [2.05, 4.69) is 4.72 Å². The highest BCUT2D eigenvalue weighted by Crippen LogP contribution is 2.17. The molecule has 0 aliphatic rings. The molecule has 0 fully saturated rings. The number of methoxy groups -OCH3 is 1. The van der Waals surface area contributed by atoms with Gasteiger partial charge in [-0.1, -0.05) is 36.4 Å². The van der Waals surface area contributed by atoms with Crippen molar-refractivity contribution in [2.45, 2.75) is 18.0 Å². The Morgan fingerprint density at radius 3 is 2.52 bits per heavy atom. The lowest BCUT2D eigenvalue weighted by Crippen LogP contribution is -2.24. The van der Waals surface area contributed by atoms with Gasteiger partial charge in [-0.15, -0.1) is 0 Å². The summed E-state index contributed by atoms with van der Waals surface area (Å²) < 4.78 is 32.1. The molecule has 2 aromatic carbocycles. The predicted molar refractivity (Wildman–Crippen MR) is 82.0 cm³/mol. The zero-order chi connectivity index (χ0) is 15.3. The van der Waals surface area contributed by atoms with Crippen molar-refractivity contribution >= 4 is 15.7 Å². The fourth-order valence-corrected chi connectivity index (χ4v) is 3.13. The predicted octanol–water partition coefficient (Wildman–Crippen LogP) is 1.89. The Morgan fingerprint density at radius 1 is 1.10 bits per heavy atom. The molecule has 21 heavy (non-hydrogen) atoms. The van der Waals surface area contributed by atoms with E-state index in [1.807, 2.05) is 24.3 Å². The van der Waals surface area contributed by atoms with Gasteiger partial charge in [0.2, 0.25) is 10.0 Å². The van der Waals surface area contributed by atoms with Gasteiger partial charge in [-0.05, 0) is 23.3 Å². The summed E-state index contributed by atoms with van der Waals surface area (Å²) in [6.45, 7) is 0.695. The van der Waals surface area contributed by atoms with Crippen molar-refractivity contribution in [3.8, 4) is 0 Å². The molecule has 0 atom stereocenters. The molecule has 5 nitrogen and oxygen atoms in total. The van der Waals surface area contributed by atoms with E-state index >= 15 is 0 Å². The monoisotopic (exact) mass is 306 g/mol. The zero-order valence-electron chi connectivity index (χ0n) is 11.7. The van der Waals surface area contributed by atoms with Gasteiger partial charge < -0.3 is 10.5 Å². The van der Waals surface area contributed by atoms with Gasteiger partial charge in [-0.25, -0.2) is 13.1 Å². The minimum atomic E-state index is -3.62. The number of rotatable bonds is 6. The number of benzene rings is 2. The van der Waals surface area contributed by atoms with Crippen LogP contribution in [0.25, 0.3) is 0 Å². The molecule has 0 heterocycles. The lowest BCUT2D eigenvalue weighted by Gasteiger charge is -2.09. The van der Waals surface area contributed by atoms with Gasteiger partial charge in [0, 0.05) is 13.7 Å². The smallest absolute Gasteiger partial charge is 0.242 e. The standard InChI is InChI=1S/C15H18N2O3S/c1-20-11-13-6-4-5-12(9-13)10-17-21(18,19)15-8-3-2-7-14(15)16/h2-9,17H,10-11,16H2,1H3. The van der Waals surface area contributed by atoms with Gasteiger partial charge in [-0.2, -0.15) is 0 Å². The van der Waals surface area contributed by atoms with E-state index in [1.54, 1.807) is 25.3 Å². The minimum Gasteiger partial charge on any atom is -0.398 e. The molecule has 3 N–H and O–H groups in total. The summed E-state index contributed by atoms with van der Waals surface area (Å²) in [6.07, 6.45) is 0. The van der Waals surface area contributed by atoms with Crippen LogP contribution in [-0.2, 0) is 27.9 Å². The van der Waals surface area contributed by atoms with Crippen LogP contribution in [0.5, 0.6) is 0 Å². The van der Waals surface area contributed by atoms with Gasteiger partial charge >= 0.3 is 0 Å². The van der Waals surface area contributed by atoms with E-state index in [-0.39, 0.29) is 17.1 Å². The highest BCUT2D eigenvalue weighted by molar-refractivity contribution is 7.89. The molecule has 2 rings (SSSR count). The normalized spacial score (nSPS) is 11.5. The first kappa shape index (κ1) is 15.5. The Kier molecular flexibility index (Phi) is 4.95. The number of hydrogen-bond acceptors (Lipinski definition) is 4. The summed E-state index contributed by atoms with van der Waals surface area (Å²) in [6, 6.07) is 13.9. The summed E-state index contributed by atoms with van der Waals surface area (Å²) in [5, 5.41) is 0. The molecule has 0 aromatic heterocycles. The van der Waals surface area contributed by atoms with E-state index in [0.717, 1.165) is 11.1 Å². The molecule has 112 valence electrons. The van der Waals surface area contributed by atoms with Crippen molar-refractivity contribution in [3.05, 3.63) is 59.7 Å². The van der Waals surface area contributed by atoms with Crippen LogP contribution in [0.2, 0.25) is 0 Å². The molecular formula is C15H18N2O3S. The minimum absolute atomic E-state index is 0.0954. The average Bonchev–Trinajstić information content (AvgIpc) is 2.46. The average molecular weight is 306 g/mol. The van der Waals surface area contributed by atoms with Crippen LogP contribution in [0.1, 0.15) is 11.1 Å². The molecule has 0 unspecified atom stereocenters. The van der Waals surface area contributed by atoms with E-state index in [9.17, 15) is 8.42 Å². The summed E-state index contributed by atoms with van der Waals surface area (Å²) in [5.74, 6) is 0. The lowest BCUT2D eigenvalue weighted by atomic mass is 10.1. The maximum atomic E-state index is 12.2. The summed E-state index contributed by atoms with van der Waals surface area (Å²) in [5.41, 5.74) is 7.80. The Bertz CT molecular complexity index is 714. The molecule has 0 bridgehead atoms. The van der Waals surface area contributed by atoms with Gasteiger partial charge in [0.1, 0.15) is 4.90 Å². The molecule has 0 saturated carbocycles. The number of para-hydroxylation sites is 1. The van der Waals surface area contributed by atoms with Gasteiger partial charge in [0.25, 0.3) is 0 Å². The number of nitrogen functional groups attached to an aromatic ring is 1. The number of ether oxygens (including phenoxy) is 1. The van der Waals surface area contributed by atoms with Crippen molar-refractivity contribution in [2.75, 3.05) is 12.8 Å². The van der Waals surface area contributed by atoms with Gasteiger partial charge in [-0.3, -0.25) is 0 Å². The second-order valence-corrected chi connectivity index (χ2v) is 6.35. The fraction of sp³-hybridized carbons (Fsp3) is 0.200. The number of sulfonamides is 1. The van der Waals surface area contributed by atoms with Crippen molar-refractivity contribution < 1.29 is 13.2 Å². The third-order valence-electron chi connectivity index (χ3n) is 2.98. The van der Waals surface area contributed by atoms with E-state index in [4.69, 9.17) is 10.5 Å². The second kappa shape index (κ2) is 6.71. The van der Waals surface area contributed by atoms with Crippen molar-refractivity contribution in [3.63, 3.8) is 0 Å². The largest absolute Gasteiger partial charge is 0.398 e. The number of anilines is 1. The number of nitrogens with two attached hydrogens (primary N) is 1. The first-order chi connectivity index (χ1) is 10.0. The summed E-state index contributed by atoms with van der Waals surface area (Å²) >= 11 is 0. The Hall–Kier alpha value is -1.89. The summed E-state index contributed by atoms with van der Waals surface area (Å²) in [4.78, 5) is 0.0954. The number of nitrogens with one attached hydrogen (secondary N) is 1. The maximum absolute atomic E-state index is 12.2. The molecule has 0 amide bonds. The zero-order valence-corrected chi connectivity index (χ0v) is 12.6. The first-order valence-corrected chi connectivity index (χ1v) is 7.92. The van der Waals surface area contributed by atoms with Crippen LogP contribution in [0.3, 0.4) is 0 Å². The topological polar surface area (TPSA) is 81.4 Å². The summed E-state index contributed by atoms with van der Waals surface area (Å²) in [7, 11) is -2.00. The van der Waals surface area contributed by atoms with E-state index in [1.165, 1.54) is 6.07 Å². The molecule has 0 aliphatic heterocycles. The Balaban J connectivity index is 2.12. The quantitative estimate of drug-likeness (QED) is 0.799. The van der Waals surface area contributed by atoms with Crippen LogP contribution in [0.15, 0.2) is 53.4 Å². The molecule has 6 heteroatoms. The lowest BCUT2D eigenvalue weighted by molar-refractivity contribution is 0.185. The van der Waals surface area contributed by atoms with Crippen molar-refractivity contribution in [1.82, 2.24) is 4.72 Å². The van der Waals surface area contributed by atoms with Crippen LogP contribution in [0, 0.1) is 0 Å². The molecule has 0 radical (unpaired) electrons. The van der Waals surface area contributed by atoms with Crippen molar-refractivity contribution in [1.29, 1.82) is 0 Å². The van der Waals surface area contributed by atoms with E-state index < -0.39 is 10.0 Å². The van der Waals surface area contributed by atoms with Crippen molar-refractivity contribution in [2.24, 2.45) is 0 Å².